The normalized spacial score (nSPS) is 18.2. The Morgan fingerprint density at radius 3 is 2.85 bits per heavy atom. The molecule has 0 radical (unpaired) electrons. The van der Waals surface area contributed by atoms with E-state index in [1.54, 1.807) is 6.92 Å². The van der Waals surface area contributed by atoms with Gasteiger partial charge in [-0.1, -0.05) is 0 Å². The third-order valence-corrected chi connectivity index (χ3v) is 4.59. The molecule has 0 saturated carbocycles. The smallest absolute Gasteiger partial charge is 0.383 e. The van der Waals surface area contributed by atoms with Crippen molar-refractivity contribution >= 4 is 16.6 Å². The van der Waals surface area contributed by atoms with Crippen LogP contribution in [0.3, 0.4) is 0 Å². The van der Waals surface area contributed by atoms with Crippen molar-refractivity contribution in [2.75, 3.05) is 31.5 Å². The summed E-state index contributed by atoms with van der Waals surface area (Å²) < 4.78 is 51.3. The molecule has 2 heterocycles. The molecule has 26 heavy (non-hydrogen) atoms. The van der Waals surface area contributed by atoms with Crippen molar-refractivity contribution in [1.82, 2.24) is 9.88 Å². The van der Waals surface area contributed by atoms with E-state index in [0.717, 1.165) is 0 Å². The molecule has 0 bridgehead atoms. The number of rotatable bonds is 4. The van der Waals surface area contributed by atoms with Gasteiger partial charge in [0.15, 0.2) is 0 Å². The Bertz CT molecular complexity index is 857. The number of nitrogens with one attached hydrogen (secondary N) is 1. The molecule has 1 fully saturated rings. The predicted molar refractivity (Wildman–Crippen MR) is 90.2 cm³/mol. The first-order valence-corrected chi connectivity index (χ1v) is 8.29. The summed E-state index contributed by atoms with van der Waals surface area (Å²) in [5.41, 5.74) is 2.02. The molecule has 1 unspecified atom stereocenters. The molecule has 1 aliphatic heterocycles. The maximum Gasteiger partial charge on any atom is 0.401 e. The zero-order chi connectivity index (χ0) is 18.9. The highest BCUT2D eigenvalue weighted by Gasteiger charge is 2.34. The lowest BCUT2D eigenvalue weighted by atomic mass is 10.0. The number of nitrogens with zero attached hydrogens (tertiary/aromatic N) is 3. The van der Waals surface area contributed by atoms with Crippen LogP contribution in [0.2, 0.25) is 0 Å². The lowest BCUT2D eigenvalue weighted by molar-refractivity contribution is -0.143. The number of likely N-dealkylation sites (tertiary alicyclic amines) is 1. The predicted octanol–water partition coefficient (Wildman–Crippen LogP) is 3.85. The number of pyridine rings is 1. The Hall–Kier alpha value is -2.40. The molecule has 138 valence electrons. The number of halogens is 4. The average Bonchev–Trinajstić information content (AvgIpc) is 2.97. The summed E-state index contributed by atoms with van der Waals surface area (Å²) in [6.45, 7) is 1.97. The molecule has 1 atom stereocenters. The van der Waals surface area contributed by atoms with Gasteiger partial charge in [0.25, 0.3) is 0 Å². The van der Waals surface area contributed by atoms with Crippen molar-refractivity contribution in [2.45, 2.75) is 19.5 Å². The molecular weight excluding hydrogens is 348 g/mol. The second kappa shape index (κ2) is 7.08. The van der Waals surface area contributed by atoms with Gasteiger partial charge in [-0.15, -0.1) is 0 Å². The van der Waals surface area contributed by atoms with Crippen LogP contribution in [-0.4, -0.2) is 42.2 Å². The number of anilines is 1. The number of hydrogen-bond donors (Lipinski definition) is 1. The van der Waals surface area contributed by atoms with E-state index in [0.29, 0.717) is 48.2 Å². The molecule has 1 N–H and O–H groups in total. The Balaban J connectivity index is 1.78. The van der Waals surface area contributed by atoms with Crippen molar-refractivity contribution in [3.05, 3.63) is 35.3 Å². The maximum atomic E-state index is 13.8. The van der Waals surface area contributed by atoms with Gasteiger partial charge in [-0.2, -0.15) is 18.4 Å². The highest BCUT2D eigenvalue weighted by molar-refractivity contribution is 5.95. The van der Waals surface area contributed by atoms with Gasteiger partial charge in [-0.3, -0.25) is 9.88 Å². The Labute approximate surface area is 148 Å². The minimum absolute atomic E-state index is 0.0294. The molecule has 0 aliphatic carbocycles. The summed E-state index contributed by atoms with van der Waals surface area (Å²) in [5, 5.41) is 13.0. The van der Waals surface area contributed by atoms with Crippen LogP contribution < -0.4 is 5.32 Å². The summed E-state index contributed by atoms with van der Waals surface area (Å²) in [7, 11) is 0. The van der Waals surface area contributed by atoms with Gasteiger partial charge in [-0.05, 0) is 43.5 Å². The molecule has 0 amide bonds. The van der Waals surface area contributed by atoms with E-state index in [1.165, 1.54) is 23.2 Å². The van der Waals surface area contributed by atoms with Crippen LogP contribution in [-0.2, 0) is 0 Å². The number of aryl methyl sites for hydroxylation is 1. The number of alkyl halides is 3. The zero-order valence-electron chi connectivity index (χ0n) is 14.2. The monoisotopic (exact) mass is 366 g/mol. The SMILES string of the molecule is Cc1cc(F)cc2c(NCC3CCN(CC(F)(F)F)C3)c(C#N)cnc12. The van der Waals surface area contributed by atoms with E-state index in [9.17, 15) is 22.8 Å². The Morgan fingerprint density at radius 2 is 2.15 bits per heavy atom. The van der Waals surface area contributed by atoms with E-state index in [2.05, 4.69) is 10.3 Å². The van der Waals surface area contributed by atoms with Gasteiger partial charge in [0, 0.05) is 24.7 Å². The van der Waals surface area contributed by atoms with Crippen molar-refractivity contribution in [1.29, 1.82) is 5.26 Å². The lowest BCUT2D eigenvalue weighted by Gasteiger charge is -2.19. The topological polar surface area (TPSA) is 52.0 Å². The first-order valence-electron chi connectivity index (χ1n) is 8.29. The van der Waals surface area contributed by atoms with Crippen LogP contribution in [0.25, 0.3) is 10.9 Å². The summed E-state index contributed by atoms with van der Waals surface area (Å²) in [5.74, 6) is -0.395. The fraction of sp³-hybridized carbons (Fsp3) is 0.444. The van der Waals surface area contributed by atoms with Crippen LogP contribution in [0, 0.1) is 30.0 Å². The largest absolute Gasteiger partial charge is 0.401 e. The van der Waals surface area contributed by atoms with Crippen LogP contribution in [0.4, 0.5) is 23.2 Å². The molecule has 4 nitrogen and oxygen atoms in total. The lowest BCUT2D eigenvalue weighted by Crippen LogP contribution is -2.33. The van der Waals surface area contributed by atoms with Crippen LogP contribution in [0.5, 0.6) is 0 Å². The third-order valence-electron chi connectivity index (χ3n) is 4.59. The van der Waals surface area contributed by atoms with E-state index >= 15 is 0 Å². The zero-order valence-corrected chi connectivity index (χ0v) is 14.2. The van der Waals surface area contributed by atoms with E-state index in [4.69, 9.17) is 0 Å². The first-order chi connectivity index (χ1) is 12.3. The van der Waals surface area contributed by atoms with Gasteiger partial charge >= 0.3 is 6.18 Å². The molecule has 8 heteroatoms. The maximum absolute atomic E-state index is 13.8. The Morgan fingerprint density at radius 1 is 1.38 bits per heavy atom. The minimum Gasteiger partial charge on any atom is -0.383 e. The molecule has 1 saturated heterocycles. The summed E-state index contributed by atoms with van der Waals surface area (Å²) in [6.07, 6.45) is -2.13. The molecule has 0 spiro atoms. The van der Waals surface area contributed by atoms with Gasteiger partial charge in [0.05, 0.1) is 23.3 Å². The van der Waals surface area contributed by atoms with Gasteiger partial charge < -0.3 is 5.32 Å². The minimum atomic E-state index is -4.20. The highest BCUT2D eigenvalue weighted by atomic mass is 19.4. The van der Waals surface area contributed by atoms with Crippen molar-refractivity contribution < 1.29 is 17.6 Å². The molecule has 3 rings (SSSR count). The van der Waals surface area contributed by atoms with Crippen LogP contribution in [0.1, 0.15) is 17.5 Å². The second-order valence-corrected chi connectivity index (χ2v) is 6.66. The average molecular weight is 366 g/mol. The quantitative estimate of drug-likeness (QED) is 0.835. The van der Waals surface area contributed by atoms with Crippen molar-refractivity contribution in [3.63, 3.8) is 0 Å². The van der Waals surface area contributed by atoms with E-state index in [-0.39, 0.29) is 11.5 Å². The number of aromatic nitrogens is 1. The summed E-state index contributed by atoms with van der Waals surface area (Å²) >= 11 is 0. The van der Waals surface area contributed by atoms with Crippen LogP contribution >= 0.6 is 0 Å². The Kier molecular flexibility index (Phi) is 5.01. The number of hydrogen-bond acceptors (Lipinski definition) is 4. The molecule has 2 aromatic rings. The molecule has 1 aliphatic rings. The fourth-order valence-electron chi connectivity index (χ4n) is 3.43. The number of fused-ring (bicyclic) bond motifs is 1. The highest BCUT2D eigenvalue weighted by Crippen LogP contribution is 2.30. The first kappa shape index (κ1) is 18.4. The molecular formula is C18H18F4N4. The number of nitriles is 1. The fourth-order valence-corrected chi connectivity index (χ4v) is 3.43. The van der Waals surface area contributed by atoms with Crippen LogP contribution in [0.15, 0.2) is 18.3 Å². The van der Waals surface area contributed by atoms with Crippen molar-refractivity contribution in [2.24, 2.45) is 5.92 Å². The van der Waals surface area contributed by atoms with Gasteiger partial charge in [0.1, 0.15) is 11.9 Å². The summed E-state index contributed by atoms with van der Waals surface area (Å²) in [4.78, 5) is 5.60. The van der Waals surface area contributed by atoms with E-state index < -0.39 is 18.5 Å². The third kappa shape index (κ3) is 4.05. The molecule has 1 aromatic heterocycles. The second-order valence-electron chi connectivity index (χ2n) is 6.66. The summed E-state index contributed by atoms with van der Waals surface area (Å²) in [6, 6.07) is 4.73. The molecule has 1 aromatic carbocycles. The standard InChI is InChI=1S/C18H18F4N4/c1-11-4-14(19)5-15-16(11)25-8-13(6-23)17(15)24-7-12-2-3-26(9-12)10-18(20,21)22/h4-5,8,12H,2-3,7,9-10H2,1H3,(H,24,25). The van der Waals surface area contributed by atoms with Gasteiger partial charge in [0.2, 0.25) is 0 Å². The van der Waals surface area contributed by atoms with Crippen molar-refractivity contribution in [3.8, 4) is 6.07 Å². The van der Waals surface area contributed by atoms with Gasteiger partial charge in [-0.25, -0.2) is 4.39 Å². The van der Waals surface area contributed by atoms with E-state index in [1.807, 2.05) is 6.07 Å². The number of benzene rings is 1.